The van der Waals surface area contributed by atoms with E-state index in [2.05, 4.69) is 29.2 Å². The number of fused-ring (bicyclic) bond motifs is 1. The average Bonchev–Trinajstić information content (AvgIpc) is 2.49. The lowest BCUT2D eigenvalue weighted by atomic mass is 9.82. The minimum atomic E-state index is -0.480. The Kier molecular flexibility index (Phi) is 4.73. The summed E-state index contributed by atoms with van der Waals surface area (Å²) in [6.07, 6.45) is 9.49. The second kappa shape index (κ2) is 6.73. The number of ether oxygens (including phenoxy) is 1. The number of allylic oxidation sites excluding steroid dienone is 3. The van der Waals surface area contributed by atoms with Crippen LogP contribution in [0.25, 0.3) is 0 Å². The molecule has 2 heterocycles. The van der Waals surface area contributed by atoms with Gasteiger partial charge in [-0.05, 0) is 24.8 Å². The lowest BCUT2D eigenvalue weighted by Crippen LogP contribution is -2.49. The number of aliphatic hydroxyl groups excluding tert-OH is 1. The molecular weight excluding hydrogens is 268 g/mol. The van der Waals surface area contributed by atoms with E-state index in [0.717, 1.165) is 19.5 Å². The summed E-state index contributed by atoms with van der Waals surface area (Å²) in [6, 6.07) is 0. The molecule has 5 nitrogen and oxygen atoms in total. The predicted molar refractivity (Wildman–Crippen MR) is 79.7 cm³/mol. The van der Waals surface area contributed by atoms with Crippen molar-refractivity contribution in [1.29, 1.82) is 0 Å². The number of amides is 1. The Morgan fingerprint density at radius 3 is 2.86 bits per heavy atom. The second-order valence-electron chi connectivity index (χ2n) is 6.19. The minimum absolute atomic E-state index is 0.0145. The first-order valence-corrected chi connectivity index (χ1v) is 7.83. The van der Waals surface area contributed by atoms with Crippen molar-refractivity contribution in [2.75, 3.05) is 45.9 Å². The van der Waals surface area contributed by atoms with E-state index in [1.54, 1.807) is 4.90 Å². The fourth-order valence-corrected chi connectivity index (χ4v) is 3.45. The van der Waals surface area contributed by atoms with Crippen LogP contribution < -0.4 is 0 Å². The van der Waals surface area contributed by atoms with Gasteiger partial charge in [-0.2, -0.15) is 0 Å². The zero-order chi connectivity index (χ0) is 14.7. The van der Waals surface area contributed by atoms with E-state index >= 15 is 0 Å². The molecule has 21 heavy (non-hydrogen) atoms. The van der Waals surface area contributed by atoms with Crippen LogP contribution in [-0.2, 0) is 9.53 Å². The van der Waals surface area contributed by atoms with Crippen molar-refractivity contribution in [3.05, 3.63) is 24.3 Å². The maximum atomic E-state index is 11.7. The monoisotopic (exact) mass is 292 g/mol. The zero-order valence-corrected chi connectivity index (χ0v) is 12.4. The standard InChI is InChI=1S/C16H24N2O3/c19-15(11-18-7-8-21-12-16(18)20)10-17-6-5-13-3-1-2-4-14(13)9-17/h1-4,13-15,19H,5-12H2. The molecule has 2 aliphatic heterocycles. The van der Waals surface area contributed by atoms with Crippen molar-refractivity contribution in [2.45, 2.75) is 12.5 Å². The van der Waals surface area contributed by atoms with Crippen molar-refractivity contribution in [1.82, 2.24) is 9.80 Å². The average molecular weight is 292 g/mol. The topological polar surface area (TPSA) is 53.0 Å². The van der Waals surface area contributed by atoms with Gasteiger partial charge in [0.25, 0.3) is 0 Å². The molecule has 1 aliphatic carbocycles. The Bertz CT molecular complexity index is 435. The lowest BCUT2D eigenvalue weighted by Gasteiger charge is -2.38. The smallest absolute Gasteiger partial charge is 0.248 e. The highest BCUT2D eigenvalue weighted by Gasteiger charge is 2.29. The van der Waals surface area contributed by atoms with Gasteiger partial charge in [0, 0.05) is 26.2 Å². The summed E-state index contributed by atoms with van der Waals surface area (Å²) in [5.74, 6) is 1.21. The maximum Gasteiger partial charge on any atom is 0.248 e. The molecule has 1 amide bonds. The molecule has 0 aromatic heterocycles. The van der Waals surface area contributed by atoms with Crippen molar-refractivity contribution >= 4 is 5.91 Å². The molecule has 0 radical (unpaired) electrons. The Balaban J connectivity index is 1.46. The first kappa shape index (κ1) is 14.8. The van der Waals surface area contributed by atoms with Crippen LogP contribution in [0.5, 0.6) is 0 Å². The fraction of sp³-hybridized carbons (Fsp3) is 0.688. The Morgan fingerprint density at radius 2 is 2.05 bits per heavy atom. The van der Waals surface area contributed by atoms with Crippen molar-refractivity contribution in [2.24, 2.45) is 11.8 Å². The highest BCUT2D eigenvalue weighted by molar-refractivity contribution is 5.78. The highest BCUT2D eigenvalue weighted by atomic mass is 16.5. The van der Waals surface area contributed by atoms with Crippen LogP contribution in [0.3, 0.4) is 0 Å². The number of likely N-dealkylation sites (tertiary alicyclic amines) is 1. The Hall–Kier alpha value is -1.17. The van der Waals surface area contributed by atoms with E-state index in [9.17, 15) is 9.90 Å². The van der Waals surface area contributed by atoms with Gasteiger partial charge in [0.1, 0.15) is 6.61 Å². The van der Waals surface area contributed by atoms with Crippen molar-refractivity contribution in [3.8, 4) is 0 Å². The van der Waals surface area contributed by atoms with Gasteiger partial charge in [-0.15, -0.1) is 0 Å². The number of morpholine rings is 1. The quantitative estimate of drug-likeness (QED) is 0.808. The van der Waals surface area contributed by atoms with Gasteiger partial charge in [0.2, 0.25) is 5.91 Å². The SMILES string of the molecule is O=C1COCCN1CC(O)CN1CCC2C=CC=CC2C1. The summed E-state index contributed by atoms with van der Waals surface area (Å²) in [4.78, 5) is 15.7. The number of β-amino-alcohol motifs (C(OH)–C–C–N with tert-alkyl or cyclic N) is 1. The molecule has 0 saturated carbocycles. The van der Waals surface area contributed by atoms with E-state index in [1.165, 1.54) is 0 Å². The number of piperidine rings is 1. The third-order valence-electron chi connectivity index (χ3n) is 4.61. The van der Waals surface area contributed by atoms with Gasteiger partial charge in [-0.1, -0.05) is 24.3 Å². The fourth-order valence-electron chi connectivity index (χ4n) is 3.45. The highest BCUT2D eigenvalue weighted by Crippen LogP contribution is 2.28. The molecule has 116 valence electrons. The molecule has 0 aromatic rings. The maximum absolute atomic E-state index is 11.7. The molecule has 3 rings (SSSR count). The Labute approximate surface area is 125 Å². The summed E-state index contributed by atoms with van der Waals surface area (Å²) in [5.41, 5.74) is 0. The van der Waals surface area contributed by atoms with Crippen molar-refractivity contribution < 1.29 is 14.6 Å². The summed E-state index contributed by atoms with van der Waals surface area (Å²) in [6.45, 7) is 4.40. The molecule has 2 saturated heterocycles. The van der Waals surface area contributed by atoms with Crippen LogP contribution in [0.2, 0.25) is 0 Å². The van der Waals surface area contributed by atoms with E-state index in [1.807, 2.05) is 0 Å². The zero-order valence-electron chi connectivity index (χ0n) is 12.4. The number of carbonyl (C=O) groups excluding carboxylic acids is 1. The lowest BCUT2D eigenvalue weighted by molar-refractivity contribution is -0.144. The molecule has 2 fully saturated rings. The van der Waals surface area contributed by atoms with Crippen LogP contribution >= 0.6 is 0 Å². The van der Waals surface area contributed by atoms with E-state index in [4.69, 9.17) is 4.74 Å². The number of rotatable bonds is 4. The Morgan fingerprint density at radius 1 is 1.24 bits per heavy atom. The molecule has 1 N–H and O–H groups in total. The molecule has 0 bridgehead atoms. The van der Waals surface area contributed by atoms with Gasteiger partial charge in [0.05, 0.1) is 12.7 Å². The molecule has 3 unspecified atom stereocenters. The molecule has 3 aliphatic rings. The van der Waals surface area contributed by atoms with Crippen LogP contribution in [0.15, 0.2) is 24.3 Å². The summed E-state index contributed by atoms with van der Waals surface area (Å²) < 4.78 is 5.11. The summed E-state index contributed by atoms with van der Waals surface area (Å²) in [7, 11) is 0. The normalized spacial score (nSPS) is 31.3. The van der Waals surface area contributed by atoms with Gasteiger partial charge in [-0.25, -0.2) is 0 Å². The van der Waals surface area contributed by atoms with E-state index in [0.29, 0.717) is 38.1 Å². The van der Waals surface area contributed by atoms with Crippen molar-refractivity contribution in [3.63, 3.8) is 0 Å². The van der Waals surface area contributed by atoms with Crippen LogP contribution in [-0.4, -0.2) is 72.9 Å². The number of carbonyl (C=O) groups is 1. The van der Waals surface area contributed by atoms with E-state index < -0.39 is 6.10 Å². The van der Waals surface area contributed by atoms with Crippen LogP contribution in [0.4, 0.5) is 0 Å². The number of hydrogen-bond acceptors (Lipinski definition) is 4. The van der Waals surface area contributed by atoms with Crippen LogP contribution in [0.1, 0.15) is 6.42 Å². The van der Waals surface area contributed by atoms with Gasteiger partial charge in [-0.3, -0.25) is 4.79 Å². The molecular formula is C16H24N2O3. The number of nitrogens with zero attached hydrogens (tertiary/aromatic N) is 2. The molecule has 5 heteroatoms. The third-order valence-corrected chi connectivity index (χ3v) is 4.61. The van der Waals surface area contributed by atoms with Gasteiger partial charge < -0.3 is 19.6 Å². The van der Waals surface area contributed by atoms with Gasteiger partial charge in [0.15, 0.2) is 0 Å². The second-order valence-corrected chi connectivity index (χ2v) is 6.19. The molecule has 3 atom stereocenters. The predicted octanol–water partition coefficient (Wildman–Crippen LogP) is 0.270. The largest absolute Gasteiger partial charge is 0.390 e. The summed E-state index contributed by atoms with van der Waals surface area (Å²) >= 11 is 0. The first-order valence-electron chi connectivity index (χ1n) is 7.83. The van der Waals surface area contributed by atoms with E-state index in [-0.39, 0.29) is 12.5 Å². The third kappa shape index (κ3) is 3.73. The molecule has 0 aromatic carbocycles. The number of hydrogen-bond donors (Lipinski definition) is 1. The minimum Gasteiger partial charge on any atom is -0.390 e. The summed E-state index contributed by atoms with van der Waals surface area (Å²) in [5, 5.41) is 10.3. The van der Waals surface area contributed by atoms with Gasteiger partial charge >= 0.3 is 0 Å². The first-order chi connectivity index (χ1) is 10.2. The number of aliphatic hydroxyl groups is 1. The van der Waals surface area contributed by atoms with Crippen LogP contribution in [0, 0.1) is 11.8 Å². The molecule has 0 spiro atoms.